The topological polar surface area (TPSA) is 24.9 Å². The fourth-order valence-electron chi connectivity index (χ4n) is 2.48. The van der Waals surface area contributed by atoms with Gasteiger partial charge in [-0.05, 0) is 49.8 Å². The van der Waals surface area contributed by atoms with Crippen LogP contribution in [0.2, 0.25) is 0 Å². The number of aryl methyl sites for hydroxylation is 1. The van der Waals surface area contributed by atoms with Gasteiger partial charge in [-0.25, -0.2) is 4.98 Å². The molecule has 2 nitrogen and oxygen atoms in total. The lowest BCUT2D eigenvalue weighted by molar-refractivity contribution is 0.517. The minimum atomic E-state index is 0.0130. The molecule has 0 atom stereocenters. The van der Waals surface area contributed by atoms with Gasteiger partial charge in [-0.15, -0.1) is 11.3 Å². The number of aromatic nitrogens is 1. The molecule has 3 aromatic rings. The van der Waals surface area contributed by atoms with Crippen molar-refractivity contribution >= 4 is 27.2 Å². The Morgan fingerprint density at radius 2 is 1.90 bits per heavy atom. The molecule has 0 fully saturated rings. The van der Waals surface area contributed by atoms with Gasteiger partial charge in [0.15, 0.2) is 0 Å². The number of nitrogens with one attached hydrogen (secondary N) is 1. The molecule has 1 aromatic carbocycles. The maximum atomic E-state index is 4.51. The Hall–Kier alpha value is -1.87. The molecule has 3 heteroatoms. The van der Waals surface area contributed by atoms with E-state index in [1.807, 2.05) is 6.20 Å². The number of nitrogens with zero attached hydrogens (tertiary/aromatic N) is 1. The van der Waals surface area contributed by atoms with Crippen molar-refractivity contribution in [3.63, 3.8) is 0 Å². The molecule has 2 heterocycles. The molecule has 0 bridgehead atoms. The molecule has 1 N–H and O–H groups in total. The summed E-state index contributed by atoms with van der Waals surface area (Å²) in [6, 6.07) is 14.9. The predicted octanol–water partition coefficient (Wildman–Crippen LogP) is 5.12. The zero-order valence-corrected chi connectivity index (χ0v) is 13.3. The minimum Gasteiger partial charge on any atom is -0.365 e. The van der Waals surface area contributed by atoms with Crippen molar-refractivity contribution in [3.05, 3.63) is 59.6 Å². The van der Waals surface area contributed by atoms with E-state index < -0.39 is 0 Å². The average Bonchev–Trinajstić information content (AvgIpc) is 2.96. The van der Waals surface area contributed by atoms with E-state index in [4.69, 9.17) is 0 Å². The van der Waals surface area contributed by atoms with Crippen LogP contribution in [-0.2, 0) is 6.42 Å². The van der Waals surface area contributed by atoms with E-state index in [2.05, 4.69) is 72.0 Å². The number of thiophene rings is 1. The van der Waals surface area contributed by atoms with E-state index in [9.17, 15) is 0 Å². The van der Waals surface area contributed by atoms with Crippen molar-refractivity contribution in [1.29, 1.82) is 0 Å². The number of benzene rings is 1. The van der Waals surface area contributed by atoms with E-state index in [0.717, 1.165) is 18.7 Å². The third kappa shape index (κ3) is 3.42. The summed E-state index contributed by atoms with van der Waals surface area (Å²) in [7, 11) is 0. The molecule has 0 saturated heterocycles. The number of anilines is 1. The van der Waals surface area contributed by atoms with Crippen LogP contribution in [0.25, 0.3) is 10.1 Å². The first kappa shape index (κ1) is 14.1. The van der Waals surface area contributed by atoms with Crippen molar-refractivity contribution in [3.8, 4) is 0 Å². The van der Waals surface area contributed by atoms with Crippen LogP contribution >= 0.6 is 11.3 Å². The summed E-state index contributed by atoms with van der Waals surface area (Å²) in [5.41, 5.74) is 1.40. The highest BCUT2D eigenvalue weighted by atomic mass is 32.1. The van der Waals surface area contributed by atoms with Crippen LogP contribution < -0.4 is 5.32 Å². The Morgan fingerprint density at radius 3 is 2.71 bits per heavy atom. The van der Waals surface area contributed by atoms with E-state index in [1.165, 1.54) is 15.6 Å². The molecule has 0 amide bonds. The van der Waals surface area contributed by atoms with E-state index in [0.29, 0.717) is 0 Å². The molecule has 2 aromatic heterocycles. The van der Waals surface area contributed by atoms with Crippen LogP contribution in [0.1, 0.15) is 25.8 Å². The first-order valence-electron chi connectivity index (χ1n) is 7.28. The molecule has 0 aliphatic heterocycles. The van der Waals surface area contributed by atoms with E-state index in [-0.39, 0.29) is 5.54 Å². The quantitative estimate of drug-likeness (QED) is 0.707. The average molecular weight is 296 g/mol. The van der Waals surface area contributed by atoms with Crippen molar-refractivity contribution in [2.75, 3.05) is 5.32 Å². The molecule has 0 aliphatic carbocycles. The van der Waals surface area contributed by atoms with E-state index in [1.54, 1.807) is 11.3 Å². The van der Waals surface area contributed by atoms with Gasteiger partial charge in [-0.2, -0.15) is 0 Å². The van der Waals surface area contributed by atoms with Crippen molar-refractivity contribution in [2.24, 2.45) is 0 Å². The fourth-order valence-corrected chi connectivity index (χ4v) is 3.26. The fraction of sp³-hybridized carbons (Fsp3) is 0.278. The van der Waals surface area contributed by atoms with Crippen LogP contribution in [0, 0.1) is 0 Å². The van der Waals surface area contributed by atoms with Gasteiger partial charge in [0.2, 0.25) is 0 Å². The molecule has 0 radical (unpaired) electrons. The summed E-state index contributed by atoms with van der Waals surface area (Å²) in [6.07, 6.45) is 4.02. The minimum absolute atomic E-state index is 0.0130. The number of pyridine rings is 1. The highest BCUT2D eigenvalue weighted by Crippen LogP contribution is 2.28. The molecule has 108 valence electrons. The van der Waals surface area contributed by atoms with Gasteiger partial charge in [0.1, 0.15) is 5.82 Å². The number of rotatable bonds is 5. The van der Waals surface area contributed by atoms with Gasteiger partial charge in [-0.1, -0.05) is 30.3 Å². The maximum Gasteiger partial charge on any atom is 0.135 e. The summed E-state index contributed by atoms with van der Waals surface area (Å²) in [4.78, 5) is 4.51. The highest BCUT2D eigenvalue weighted by molar-refractivity contribution is 7.17. The Balaban J connectivity index is 1.72. The summed E-state index contributed by atoms with van der Waals surface area (Å²) < 4.78 is 1.28. The zero-order valence-electron chi connectivity index (χ0n) is 12.5. The molecule has 0 spiro atoms. The van der Waals surface area contributed by atoms with Gasteiger partial charge < -0.3 is 5.32 Å². The molecular formula is C18H20N2S. The lowest BCUT2D eigenvalue weighted by atomic mass is 9.95. The van der Waals surface area contributed by atoms with Crippen LogP contribution in [-0.4, -0.2) is 10.5 Å². The molecule has 21 heavy (non-hydrogen) atoms. The van der Waals surface area contributed by atoms with Crippen LogP contribution in [0.15, 0.2) is 54.0 Å². The van der Waals surface area contributed by atoms with Crippen molar-refractivity contribution in [2.45, 2.75) is 32.2 Å². The summed E-state index contributed by atoms with van der Waals surface area (Å²) in [6.45, 7) is 4.48. The normalized spacial score (nSPS) is 11.7. The second-order valence-electron chi connectivity index (χ2n) is 5.99. The van der Waals surface area contributed by atoms with Gasteiger partial charge in [0, 0.05) is 21.8 Å². The predicted molar refractivity (Wildman–Crippen MR) is 92.1 cm³/mol. The SMILES string of the molecule is CC(C)(CCc1ccccc1)Nc1nccc2sccc12. The van der Waals surface area contributed by atoms with Crippen LogP contribution in [0.4, 0.5) is 5.82 Å². The molecule has 0 saturated carbocycles. The Bertz CT molecular complexity index is 716. The number of fused-ring (bicyclic) bond motifs is 1. The molecule has 0 unspecified atom stereocenters. The van der Waals surface area contributed by atoms with Gasteiger partial charge >= 0.3 is 0 Å². The molecule has 3 rings (SSSR count). The summed E-state index contributed by atoms with van der Waals surface area (Å²) in [5.74, 6) is 0.992. The lowest BCUT2D eigenvalue weighted by Gasteiger charge is -2.27. The van der Waals surface area contributed by atoms with Crippen LogP contribution in [0.3, 0.4) is 0 Å². The zero-order chi connectivity index (χ0) is 14.7. The number of hydrogen-bond acceptors (Lipinski definition) is 3. The van der Waals surface area contributed by atoms with Crippen molar-refractivity contribution < 1.29 is 0 Å². The highest BCUT2D eigenvalue weighted by Gasteiger charge is 2.19. The third-order valence-corrected chi connectivity index (χ3v) is 4.60. The van der Waals surface area contributed by atoms with Crippen molar-refractivity contribution in [1.82, 2.24) is 4.98 Å². The Morgan fingerprint density at radius 1 is 1.10 bits per heavy atom. The maximum absolute atomic E-state index is 4.51. The lowest BCUT2D eigenvalue weighted by Crippen LogP contribution is -2.31. The van der Waals surface area contributed by atoms with Gasteiger partial charge in [0.25, 0.3) is 0 Å². The van der Waals surface area contributed by atoms with Gasteiger partial charge in [0.05, 0.1) is 0 Å². The smallest absolute Gasteiger partial charge is 0.135 e. The Labute approximate surface area is 129 Å². The number of hydrogen-bond donors (Lipinski definition) is 1. The second kappa shape index (κ2) is 5.86. The molecular weight excluding hydrogens is 276 g/mol. The standard InChI is InChI=1S/C18H20N2S/c1-18(2,11-8-14-6-4-3-5-7-14)20-17-15-10-13-21-16(15)9-12-19-17/h3-7,9-10,12-13H,8,11H2,1-2H3,(H,19,20). The first-order chi connectivity index (χ1) is 10.1. The monoisotopic (exact) mass is 296 g/mol. The first-order valence-corrected chi connectivity index (χ1v) is 8.16. The Kier molecular flexibility index (Phi) is 3.93. The van der Waals surface area contributed by atoms with E-state index >= 15 is 0 Å². The summed E-state index contributed by atoms with van der Waals surface area (Å²) >= 11 is 1.76. The third-order valence-electron chi connectivity index (χ3n) is 3.72. The van der Waals surface area contributed by atoms with Gasteiger partial charge in [-0.3, -0.25) is 0 Å². The summed E-state index contributed by atoms with van der Waals surface area (Å²) in [5, 5.41) is 6.95. The van der Waals surface area contributed by atoms with Crippen LogP contribution in [0.5, 0.6) is 0 Å². The largest absolute Gasteiger partial charge is 0.365 e. The molecule has 0 aliphatic rings. The second-order valence-corrected chi connectivity index (χ2v) is 6.93.